The largest absolute Gasteiger partial charge is 0.289 e. The summed E-state index contributed by atoms with van der Waals surface area (Å²) < 4.78 is 1.77. The maximum Gasteiger partial charge on any atom is 0.195 e. The van der Waals surface area contributed by atoms with Gasteiger partial charge in [-0.3, -0.25) is 4.79 Å². The van der Waals surface area contributed by atoms with Crippen molar-refractivity contribution in [2.75, 3.05) is 6.26 Å². The summed E-state index contributed by atoms with van der Waals surface area (Å²) in [5.74, 6) is 0.0394. The lowest BCUT2D eigenvalue weighted by atomic mass is 10.0. The van der Waals surface area contributed by atoms with Gasteiger partial charge in [-0.2, -0.15) is 0 Å². The molecule has 0 N–H and O–H groups in total. The van der Waals surface area contributed by atoms with Crippen LogP contribution in [0.25, 0.3) is 0 Å². The minimum atomic E-state index is 0.0394. The lowest BCUT2D eigenvalue weighted by Crippen LogP contribution is -2.04. The van der Waals surface area contributed by atoms with Crippen molar-refractivity contribution in [1.29, 1.82) is 0 Å². The Kier molecular flexibility index (Phi) is 4.87. The molecule has 19 heavy (non-hydrogen) atoms. The first-order chi connectivity index (χ1) is 9.04. The highest BCUT2D eigenvalue weighted by Crippen LogP contribution is 2.29. The highest BCUT2D eigenvalue weighted by atomic mass is 79.9. The van der Waals surface area contributed by atoms with Crippen LogP contribution in [0.3, 0.4) is 0 Å². The Balaban J connectivity index is 2.53. The molecule has 0 heterocycles. The molecule has 0 fully saturated rings. The Hall–Kier alpha value is -0.580. The lowest BCUT2D eigenvalue weighted by Gasteiger charge is -2.09. The van der Waals surface area contributed by atoms with Crippen molar-refractivity contribution >= 4 is 49.4 Å². The van der Waals surface area contributed by atoms with Gasteiger partial charge in [0.05, 0.1) is 0 Å². The number of hydrogen-bond acceptors (Lipinski definition) is 2. The van der Waals surface area contributed by atoms with Crippen LogP contribution in [-0.2, 0) is 0 Å². The second-order valence-electron chi connectivity index (χ2n) is 4.11. The summed E-state index contributed by atoms with van der Waals surface area (Å²) in [6.07, 6.45) is 1.98. The molecule has 2 aromatic rings. The number of carbonyl (C=O) groups excluding carboxylic acids is 1. The molecule has 0 aromatic heterocycles. The summed E-state index contributed by atoms with van der Waals surface area (Å²) in [6.45, 7) is 2.00. The molecular weight excluding hydrogens is 388 g/mol. The highest BCUT2D eigenvalue weighted by Gasteiger charge is 2.16. The highest BCUT2D eigenvalue weighted by molar-refractivity contribution is 9.11. The predicted octanol–water partition coefficient (Wildman–Crippen LogP) is 5.47. The van der Waals surface area contributed by atoms with Gasteiger partial charge in [-0.25, -0.2) is 0 Å². The maximum atomic E-state index is 12.6. The number of ketones is 1. The molecule has 1 nitrogen and oxygen atoms in total. The number of rotatable bonds is 3. The third-order valence-corrected chi connectivity index (χ3v) is 5.15. The summed E-state index contributed by atoms with van der Waals surface area (Å²) in [5, 5.41) is 0. The van der Waals surface area contributed by atoms with Crippen LogP contribution >= 0.6 is 43.6 Å². The van der Waals surface area contributed by atoms with E-state index >= 15 is 0 Å². The Morgan fingerprint density at radius 2 is 1.74 bits per heavy atom. The molecule has 0 aliphatic rings. The zero-order valence-corrected chi connectivity index (χ0v) is 14.5. The fourth-order valence-corrected chi connectivity index (χ4v) is 3.37. The fraction of sp³-hybridized carbons (Fsp3) is 0.133. The minimum absolute atomic E-state index is 0.0394. The van der Waals surface area contributed by atoms with Gasteiger partial charge in [0, 0.05) is 25.0 Å². The molecule has 98 valence electrons. The van der Waals surface area contributed by atoms with Crippen molar-refractivity contribution in [3.63, 3.8) is 0 Å². The summed E-state index contributed by atoms with van der Waals surface area (Å²) in [7, 11) is 0. The van der Waals surface area contributed by atoms with E-state index in [9.17, 15) is 4.79 Å². The molecule has 0 aliphatic carbocycles. The topological polar surface area (TPSA) is 17.1 Å². The molecular formula is C15H12Br2OS. The van der Waals surface area contributed by atoms with Gasteiger partial charge in [0.15, 0.2) is 5.78 Å². The van der Waals surface area contributed by atoms with E-state index in [4.69, 9.17) is 0 Å². The molecule has 0 saturated carbocycles. The zero-order valence-electron chi connectivity index (χ0n) is 10.5. The van der Waals surface area contributed by atoms with Crippen molar-refractivity contribution in [3.8, 4) is 0 Å². The van der Waals surface area contributed by atoms with Gasteiger partial charge < -0.3 is 0 Å². The predicted molar refractivity (Wildman–Crippen MR) is 88.2 cm³/mol. The number of aryl methyl sites for hydroxylation is 1. The molecule has 0 spiro atoms. The van der Waals surface area contributed by atoms with Crippen LogP contribution in [-0.4, -0.2) is 12.0 Å². The van der Waals surface area contributed by atoms with E-state index in [0.717, 1.165) is 25.0 Å². The molecule has 0 unspecified atom stereocenters. The molecule has 2 rings (SSSR count). The van der Waals surface area contributed by atoms with E-state index in [1.165, 1.54) is 0 Å². The molecule has 0 amide bonds. The van der Waals surface area contributed by atoms with Gasteiger partial charge in [-0.05, 0) is 43.0 Å². The number of hydrogen-bond donors (Lipinski definition) is 0. The van der Waals surface area contributed by atoms with Crippen LogP contribution in [0, 0.1) is 6.92 Å². The molecule has 0 aliphatic heterocycles. The van der Waals surface area contributed by atoms with E-state index in [1.807, 2.05) is 49.6 Å². The van der Waals surface area contributed by atoms with Gasteiger partial charge in [0.2, 0.25) is 0 Å². The average Bonchev–Trinajstić information content (AvgIpc) is 2.42. The van der Waals surface area contributed by atoms with E-state index in [1.54, 1.807) is 11.8 Å². The number of thioether (sulfide) groups is 1. The van der Waals surface area contributed by atoms with E-state index in [2.05, 4.69) is 31.9 Å². The first kappa shape index (κ1) is 14.8. The first-order valence-electron chi connectivity index (χ1n) is 5.68. The SMILES string of the molecule is CSc1ccccc1C(=O)c1cc(Br)c(C)cc1Br. The van der Waals surface area contributed by atoms with Gasteiger partial charge in [0.1, 0.15) is 0 Å². The second kappa shape index (κ2) is 6.25. The van der Waals surface area contributed by atoms with Gasteiger partial charge >= 0.3 is 0 Å². The molecule has 2 aromatic carbocycles. The van der Waals surface area contributed by atoms with Crippen molar-refractivity contribution in [2.45, 2.75) is 11.8 Å². The first-order valence-corrected chi connectivity index (χ1v) is 8.49. The van der Waals surface area contributed by atoms with Crippen LogP contribution in [0.1, 0.15) is 21.5 Å². The minimum Gasteiger partial charge on any atom is -0.289 e. The Morgan fingerprint density at radius 3 is 2.42 bits per heavy atom. The smallest absolute Gasteiger partial charge is 0.195 e. The fourth-order valence-electron chi connectivity index (χ4n) is 1.80. The van der Waals surface area contributed by atoms with Gasteiger partial charge in [0.25, 0.3) is 0 Å². The monoisotopic (exact) mass is 398 g/mol. The van der Waals surface area contributed by atoms with E-state index in [-0.39, 0.29) is 5.78 Å². The second-order valence-corrected chi connectivity index (χ2v) is 6.67. The van der Waals surface area contributed by atoms with Crippen LogP contribution in [0.4, 0.5) is 0 Å². The average molecular weight is 400 g/mol. The number of carbonyl (C=O) groups is 1. The van der Waals surface area contributed by atoms with Gasteiger partial charge in [-0.15, -0.1) is 11.8 Å². The molecule has 0 bridgehead atoms. The van der Waals surface area contributed by atoms with Crippen LogP contribution in [0.2, 0.25) is 0 Å². The number of halogens is 2. The van der Waals surface area contributed by atoms with Crippen molar-refractivity contribution in [2.24, 2.45) is 0 Å². The Morgan fingerprint density at radius 1 is 1.05 bits per heavy atom. The zero-order chi connectivity index (χ0) is 14.0. The summed E-state index contributed by atoms with van der Waals surface area (Å²) in [4.78, 5) is 13.6. The quantitative estimate of drug-likeness (QED) is 0.502. The Bertz CT molecular complexity index is 638. The van der Waals surface area contributed by atoms with Crippen LogP contribution in [0.5, 0.6) is 0 Å². The normalized spacial score (nSPS) is 10.5. The van der Waals surface area contributed by atoms with Crippen molar-refractivity contribution in [3.05, 3.63) is 62.0 Å². The maximum absolute atomic E-state index is 12.6. The van der Waals surface area contributed by atoms with Crippen LogP contribution < -0.4 is 0 Å². The molecule has 0 saturated heterocycles. The third kappa shape index (κ3) is 3.12. The third-order valence-electron chi connectivity index (χ3n) is 2.84. The lowest BCUT2D eigenvalue weighted by molar-refractivity contribution is 0.103. The Labute approximate surface area is 134 Å². The summed E-state index contributed by atoms with van der Waals surface area (Å²) >= 11 is 8.54. The van der Waals surface area contributed by atoms with Gasteiger partial charge in [-0.1, -0.05) is 44.0 Å². The summed E-state index contributed by atoms with van der Waals surface area (Å²) in [5.41, 5.74) is 2.52. The summed E-state index contributed by atoms with van der Waals surface area (Å²) in [6, 6.07) is 11.5. The van der Waals surface area contributed by atoms with E-state index < -0.39 is 0 Å². The van der Waals surface area contributed by atoms with Crippen molar-refractivity contribution in [1.82, 2.24) is 0 Å². The van der Waals surface area contributed by atoms with E-state index in [0.29, 0.717) is 5.56 Å². The van der Waals surface area contributed by atoms with Crippen molar-refractivity contribution < 1.29 is 4.79 Å². The number of benzene rings is 2. The molecule has 0 atom stereocenters. The standard InChI is InChI=1S/C15H12Br2OS/c1-9-7-13(17)11(8-12(9)16)15(18)10-5-3-4-6-14(10)19-2/h3-8H,1-2H3. The molecule has 4 heteroatoms. The molecule has 0 radical (unpaired) electrons. The van der Waals surface area contributed by atoms with Crippen LogP contribution in [0.15, 0.2) is 50.2 Å².